The van der Waals surface area contributed by atoms with Crippen LogP contribution < -0.4 is 5.32 Å². The van der Waals surface area contributed by atoms with Gasteiger partial charge in [-0.1, -0.05) is 0 Å². The van der Waals surface area contributed by atoms with Crippen LogP contribution in [0.15, 0.2) is 40.0 Å². The van der Waals surface area contributed by atoms with Crippen LogP contribution in [0.5, 0.6) is 0 Å². The molecule has 1 amide bonds. The summed E-state index contributed by atoms with van der Waals surface area (Å²) < 4.78 is 33.5. The molecule has 1 unspecified atom stereocenters. The second-order valence-electron chi connectivity index (χ2n) is 5.99. The number of hydrogen-bond donors (Lipinski definition) is 1. The maximum atomic E-state index is 12.6. The Balaban J connectivity index is 1.79. The van der Waals surface area contributed by atoms with E-state index in [2.05, 4.69) is 5.32 Å². The van der Waals surface area contributed by atoms with E-state index < -0.39 is 10.0 Å². The van der Waals surface area contributed by atoms with E-state index in [0.29, 0.717) is 24.5 Å². The molecule has 1 N–H and O–H groups in total. The van der Waals surface area contributed by atoms with Crippen LogP contribution in [0.25, 0.3) is 0 Å². The van der Waals surface area contributed by atoms with Crippen molar-refractivity contribution in [3.63, 3.8) is 0 Å². The van der Waals surface area contributed by atoms with Crippen LogP contribution in [-0.4, -0.2) is 36.3 Å². The Hall–Kier alpha value is -2.06. The largest absolute Gasteiger partial charge is 0.467 e. The smallest absolute Gasteiger partial charge is 0.268 e. The van der Waals surface area contributed by atoms with Crippen molar-refractivity contribution in [1.82, 2.24) is 14.2 Å². The van der Waals surface area contributed by atoms with Crippen molar-refractivity contribution in [2.45, 2.75) is 30.7 Å². The Bertz CT molecular complexity index is 818. The van der Waals surface area contributed by atoms with Crippen molar-refractivity contribution in [1.29, 1.82) is 0 Å². The molecule has 7 nitrogen and oxygen atoms in total. The standard InChI is InChI=1S/C16H21N3O4S/c1-12(15-6-5-9-23-15)17-16(20)14-10-13(11-18(14)2)24(21,22)19-7-3-4-8-19/h5-6,9-12H,3-4,7-8H2,1-2H3,(H,17,20). The molecule has 1 atom stereocenters. The highest BCUT2D eigenvalue weighted by Gasteiger charge is 2.29. The van der Waals surface area contributed by atoms with Crippen LogP contribution in [0.3, 0.4) is 0 Å². The molecular formula is C16H21N3O4S. The van der Waals surface area contributed by atoms with Crippen molar-refractivity contribution in [2.75, 3.05) is 13.1 Å². The molecule has 2 aromatic heterocycles. The first-order valence-electron chi connectivity index (χ1n) is 7.90. The number of aromatic nitrogens is 1. The molecule has 0 aliphatic carbocycles. The molecular weight excluding hydrogens is 330 g/mol. The normalized spacial score (nSPS) is 17.1. The number of rotatable bonds is 5. The number of sulfonamides is 1. The van der Waals surface area contributed by atoms with Gasteiger partial charge in [0.25, 0.3) is 5.91 Å². The predicted octanol–water partition coefficient (Wildman–Crippen LogP) is 1.89. The topological polar surface area (TPSA) is 84.5 Å². The molecule has 130 valence electrons. The first-order chi connectivity index (χ1) is 11.4. The molecule has 3 heterocycles. The molecule has 0 aromatic carbocycles. The summed E-state index contributed by atoms with van der Waals surface area (Å²) in [6.45, 7) is 2.88. The van der Waals surface area contributed by atoms with E-state index in [4.69, 9.17) is 4.42 Å². The van der Waals surface area contributed by atoms with Crippen molar-refractivity contribution in [3.8, 4) is 0 Å². The Kier molecular flexibility index (Phi) is 4.51. The van der Waals surface area contributed by atoms with Gasteiger partial charge in [0.2, 0.25) is 10.0 Å². The van der Waals surface area contributed by atoms with Crippen LogP contribution in [0.2, 0.25) is 0 Å². The lowest BCUT2D eigenvalue weighted by atomic mass is 10.2. The number of hydrogen-bond acceptors (Lipinski definition) is 4. The number of carbonyl (C=O) groups excluding carboxylic acids is 1. The molecule has 2 aromatic rings. The Morgan fingerprint density at radius 2 is 2.04 bits per heavy atom. The highest BCUT2D eigenvalue weighted by Crippen LogP contribution is 2.23. The number of nitrogens with one attached hydrogen (secondary N) is 1. The fourth-order valence-corrected chi connectivity index (χ4v) is 4.45. The van der Waals surface area contributed by atoms with Gasteiger partial charge < -0.3 is 14.3 Å². The molecule has 0 radical (unpaired) electrons. The zero-order valence-electron chi connectivity index (χ0n) is 13.7. The molecule has 3 rings (SSSR count). The maximum Gasteiger partial charge on any atom is 0.268 e. The third kappa shape index (κ3) is 3.11. The summed E-state index contributed by atoms with van der Waals surface area (Å²) in [4.78, 5) is 12.6. The van der Waals surface area contributed by atoms with Gasteiger partial charge in [0.1, 0.15) is 16.3 Å². The molecule has 1 saturated heterocycles. The quantitative estimate of drug-likeness (QED) is 0.891. The highest BCUT2D eigenvalue weighted by atomic mass is 32.2. The average molecular weight is 351 g/mol. The molecule has 0 spiro atoms. The van der Waals surface area contributed by atoms with Gasteiger partial charge in [-0.2, -0.15) is 4.31 Å². The molecule has 0 bridgehead atoms. The van der Waals surface area contributed by atoms with Crippen LogP contribution in [0.4, 0.5) is 0 Å². The minimum absolute atomic E-state index is 0.155. The molecule has 8 heteroatoms. The van der Waals surface area contributed by atoms with Gasteiger partial charge in [-0.05, 0) is 38.0 Å². The number of furan rings is 1. The second kappa shape index (κ2) is 6.45. The third-order valence-corrected chi connectivity index (χ3v) is 6.10. The molecule has 1 aliphatic heterocycles. The van der Waals surface area contributed by atoms with Crippen LogP contribution in [0, 0.1) is 0 Å². The van der Waals surface area contributed by atoms with Crippen molar-refractivity contribution in [3.05, 3.63) is 42.1 Å². The summed E-state index contributed by atoms with van der Waals surface area (Å²) >= 11 is 0. The third-order valence-electron chi connectivity index (χ3n) is 4.23. The van der Waals surface area contributed by atoms with E-state index in [0.717, 1.165) is 12.8 Å². The second-order valence-corrected chi connectivity index (χ2v) is 7.93. The average Bonchev–Trinajstić information content (AvgIpc) is 3.28. The predicted molar refractivity (Wildman–Crippen MR) is 88.0 cm³/mol. The summed E-state index contributed by atoms with van der Waals surface area (Å²) in [7, 11) is -1.87. The van der Waals surface area contributed by atoms with E-state index in [1.165, 1.54) is 21.1 Å². The summed E-state index contributed by atoms with van der Waals surface area (Å²) in [6.07, 6.45) is 4.78. The Morgan fingerprint density at radius 3 is 2.67 bits per heavy atom. The van der Waals surface area contributed by atoms with Crippen LogP contribution in [0.1, 0.15) is 42.1 Å². The molecule has 1 aliphatic rings. The van der Waals surface area contributed by atoms with Gasteiger partial charge in [0, 0.05) is 26.3 Å². The van der Waals surface area contributed by atoms with Crippen LogP contribution >= 0.6 is 0 Å². The summed E-state index contributed by atoms with van der Waals surface area (Å²) in [6, 6.07) is 4.65. The lowest BCUT2D eigenvalue weighted by Gasteiger charge is -2.13. The van der Waals surface area contributed by atoms with E-state index in [9.17, 15) is 13.2 Å². The Morgan fingerprint density at radius 1 is 1.33 bits per heavy atom. The minimum Gasteiger partial charge on any atom is -0.467 e. The highest BCUT2D eigenvalue weighted by molar-refractivity contribution is 7.89. The zero-order chi connectivity index (χ0) is 17.3. The number of nitrogens with zero attached hydrogens (tertiary/aromatic N) is 2. The van der Waals surface area contributed by atoms with E-state index in [1.54, 1.807) is 25.4 Å². The Labute approximate surface area is 141 Å². The molecule has 1 fully saturated rings. The van der Waals surface area contributed by atoms with Crippen molar-refractivity contribution < 1.29 is 17.6 Å². The summed E-state index contributed by atoms with van der Waals surface area (Å²) in [5, 5.41) is 2.81. The zero-order valence-corrected chi connectivity index (χ0v) is 14.5. The molecule has 0 saturated carbocycles. The fraction of sp³-hybridized carbons (Fsp3) is 0.438. The van der Waals surface area contributed by atoms with Gasteiger partial charge >= 0.3 is 0 Å². The SMILES string of the molecule is CC(NC(=O)c1cc(S(=O)(=O)N2CCCC2)cn1C)c1ccco1. The van der Waals surface area contributed by atoms with E-state index in [-0.39, 0.29) is 16.8 Å². The first-order valence-corrected chi connectivity index (χ1v) is 9.34. The number of carbonyl (C=O) groups is 1. The fourth-order valence-electron chi connectivity index (χ4n) is 2.86. The lowest BCUT2D eigenvalue weighted by molar-refractivity contribution is 0.0927. The van der Waals surface area contributed by atoms with E-state index in [1.807, 2.05) is 6.92 Å². The summed E-state index contributed by atoms with van der Waals surface area (Å²) in [5.41, 5.74) is 0.297. The lowest BCUT2D eigenvalue weighted by Crippen LogP contribution is -2.28. The maximum absolute atomic E-state index is 12.6. The van der Waals surface area contributed by atoms with E-state index >= 15 is 0 Å². The van der Waals surface area contributed by atoms with Gasteiger partial charge in [0.05, 0.1) is 12.3 Å². The van der Waals surface area contributed by atoms with Gasteiger partial charge in [-0.15, -0.1) is 0 Å². The van der Waals surface area contributed by atoms with Gasteiger partial charge in [-0.3, -0.25) is 4.79 Å². The van der Waals surface area contributed by atoms with Crippen molar-refractivity contribution in [2.24, 2.45) is 7.05 Å². The number of aryl methyl sites for hydroxylation is 1. The van der Waals surface area contributed by atoms with Gasteiger partial charge in [0.15, 0.2) is 0 Å². The number of amides is 1. The minimum atomic E-state index is -3.53. The van der Waals surface area contributed by atoms with Crippen LogP contribution in [-0.2, 0) is 17.1 Å². The van der Waals surface area contributed by atoms with Gasteiger partial charge in [-0.25, -0.2) is 8.42 Å². The summed E-state index contributed by atoms with van der Waals surface area (Å²) in [5.74, 6) is 0.298. The van der Waals surface area contributed by atoms with Crippen molar-refractivity contribution >= 4 is 15.9 Å². The molecule has 24 heavy (non-hydrogen) atoms. The monoisotopic (exact) mass is 351 g/mol. The first kappa shape index (κ1) is 16.8.